The van der Waals surface area contributed by atoms with Crippen LogP contribution in [0.15, 0.2) is 0 Å². The van der Waals surface area contributed by atoms with E-state index in [1.165, 1.54) is 12.8 Å². The molecule has 0 aromatic carbocycles. The van der Waals surface area contributed by atoms with Gasteiger partial charge >= 0.3 is 5.97 Å². The lowest BCUT2D eigenvalue weighted by atomic mass is 10.1. The number of rotatable bonds is 6. The van der Waals surface area contributed by atoms with E-state index in [4.69, 9.17) is 9.84 Å². The zero-order chi connectivity index (χ0) is 9.52. The zero-order valence-corrected chi connectivity index (χ0v) is 7.79. The summed E-state index contributed by atoms with van der Waals surface area (Å²) in [5.41, 5.74) is 0. The molecule has 0 aromatic heterocycles. The Hall–Kier alpha value is -0.610. The van der Waals surface area contributed by atoms with Gasteiger partial charge in [-0.15, -0.1) is 0 Å². The molecule has 13 heavy (non-hydrogen) atoms. The van der Waals surface area contributed by atoms with Gasteiger partial charge in [0.2, 0.25) is 0 Å². The number of aliphatic carboxylic acids is 1. The first-order chi connectivity index (χ1) is 6.29. The Balaban J connectivity index is 1.86. The molecule has 0 spiro atoms. The Morgan fingerprint density at radius 1 is 1.62 bits per heavy atom. The number of hydrogen-bond acceptors (Lipinski definition) is 3. The zero-order valence-electron chi connectivity index (χ0n) is 7.79. The second-order valence-corrected chi connectivity index (χ2v) is 3.35. The minimum absolute atomic E-state index is 0.0610. The Bertz CT molecular complexity index is 155. The Morgan fingerprint density at radius 3 is 3.08 bits per heavy atom. The van der Waals surface area contributed by atoms with Crippen LogP contribution >= 0.6 is 0 Å². The summed E-state index contributed by atoms with van der Waals surface area (Å²) in [6, 6.07) is 0. The molecule has 0 radical (unpaired) electrons. The third kappa shape index (κ3) is 4.85. The van der Waals surface area contributed by atoms with E-state index in [-0.39, 0.29) is 6.54 Å². The van der Waals surface area contributed by atoms with E-state index in [9.17, 15) is 4.79 Å². The molecule has 0 aliphatic carbocycles. The standard InChI is InChI=1S/C9H17NO3/c11-9(12)7-10-5-1-3-8-4-2-6-13-8/h8,10H,1-7H2,(H,11,12). The van der Waals surface area contributed by atoms with Crippen molar-refractivity contribution in [2.75, 3.05) is 19.7 Å². The molecule has 2 N–H and O–H groups in total. The van der Waals surface area contributed by atoms with Crippen LogP contribution in [0.2, 0.25) is 0 Å². The molecule has 1 rings (SSSR count). The van der Waals surface area contributed by atoms with Crippen LogP contribution in [0.3, 0.4) is 0 Å². The average Bonchev–Trinajstić information content (AvgIpc) is 2.55. The predicted octanol–water partition coefficient (Wildman–Crippen LogP) is 0.620. The van der Waals surface area contributed by atoms with Crippen LogP contribution in [-0.4, -0.2) is 36.9 Å². The monoisotopic (exact) mass is 187 g/mol. The van der Waals surface area contributed by atoms with E-state index >= 15 is 0 Å². The number of carbonyl (C=O) groups is 1. The second-order valence-electron chi connectivity index (χ2n) is 3.35. The Morgan fingerprint density at radius 2 is 2.46 bits per heavy atom. The van der Waals surface area contributed by atoms with E-state index in [0.717, 1.165) is 26.0 Å². The number of nitrogens with one attached hydrogen (secondary N) is 1. The summed E-state index contributed by atoms with van der Waals surface area (Å²) in [5.74, 6) is -0.794. The van der Waals surface area contributed by atoms with E-state index in [0.29, 0.717) is 6.10 Å². The lowest BCUT2D eigenvalue weighted by Crippen LogP contribution is -2.24. The first-order valence-electron chi connectivity index (χ1n) is 4.83. The van der Waals surface area contributed by atoms with Crippen LogP contribution in [-0.2, 0) is 9.53 Å². The van der Waals surface area contributed by atoms with Gasteiger partial charge in [0.05, 0.1) is 12.6 Å². The van der Waals surface area contributed by atoms with Gasteiger partial charge in [0, 0.05) is 6.61 Å². The molecule has 1 aliphatic heterocycles. The summed E-state index contributed by atoms with van der Waals surface area (Å²) in [5, 5.41) is 11.2. The summed E-state index contributed by atoms with van der Waals surface area (Å²) in [4.78, 5) is 10.1. The number of carboxylic acid groups (broad SMARTS) is 1. The fraction of sp³-hybridized carbons (Fsp3) is 0.889. The molecule has 1 saturated heterocycles. The summed E-state index contributed by atoms with van der Waals surface area (Å²) < 4.78 is 5.44. The van der Waals surface area contributed by atoms with Crippen molar-refractivity contribution in [2.24, 2.45) is 0 Å². The van der Waals surface area contributed by atoms with Crippen molar-refractivity contribution in [3.8, 4) is 0 Å². The highest BCUT2D eigenvalue weighted by Gasteiger charge is 2.14. The van der Waals surface area contributed by atoms with Crippen LogP contribution in [0.1, 0.15) is 25.7 Å². The summed E-state index contributed by atoms with van der Waals surface area (Å²) in [6.07, 6.45) is 4.81. The quantitative estimate of drug-likeness (QED) is 0.598. The van der Waals surface area contributed by atoms with Crippen molar-refractivity contribution in [1.82, 2.24) is 5.32 Å². The third-order valence-corrected chi connectivity index (χ3v) is 2.18. The van der Waals surface area contributed by atoms with Crippen molar-refractivity contribution >= 4 is 5.97 Å². The third-order valence-electron chi connectivity index (χ3n) is 2.18. The van der Waals surface area contributed by atoms with Crippen molar-refractivity contribution < 1.29 is 14.6 Å². The first kappa shape index (κ1) is 10.5. The van der Waals surface area contributed by atoms with Gasteiger partial charge < -0.3 is 15.2 Å². The van der Waals surface area contributed by atoms with E-state index in [1.54, 1.807) is 0 Å². The molecule has 1 unspecified atom stereocenters. The van der Waals surface area contributed by atoms with Crippen LogP contribution in [0.5, 0.6) is 0 Å². The molecule has 0 aromatic rings. The fourth-order valence-corrected chi connectivity index (χ4v) is 1.52. The number of carboxylic acids is 1. The van der Waals surface area contributed by atoms with Gasteiger partial charge in [-0.25, -0.2) is 0 Å². The van der Waals surface area contributed by atoms with Crippen molar-refractivity contribution in [3.05, 3.63) is 0 Å². The maximum absolute atomic E-state index is 10.1. The molecule has 1 heterocycles. The van der Waals surface area contributed by atoms with E-state index in [1.807, 2.05) is 0 Å². The van der Waals surface area contributed by atoms with Gasteiger partial charge in [-0.2, -0.15) is 0 Å². The van der Waals surface area contributed by atoms with Crippen molar-refractivity contribution in [3.63, 3.8) is 0 Å². The molecular weight excluding hydrogens is 170 g/mol. The Kier molecular flexibility index (Phi) is 4.78. The number of hydrogen-bond donors (Lipinski definition) is 2. The van der Waals surface area contributed by atoms with Gasteiger partial charge in [-0.3, -0.25) is 4.79 Å². The lowest BCUT2D eigenvalue weighted by molar-refractivity contribution is -0.135. The molecule has 1 aliphatic rings. The van der Waals surface area contributed by atoms with Crippen LogP contribution in [0.4, 0.5) is 0 Å². The van der Waals surface area contributed by atoms with Gasteiger partial charge in [0.25, 0.3) is 0 Å². The normalized spacial score (nSPS) is 22.0. The molecule has 1 fully saturated rings. The minimum Gasteiger partial charge on any atom is -0.480 e. The molecule has 0 saturated carbocycles. The van der Waals surface area contributed by atoms with E-state index < -0.39 is 5.97 Å². The first-order valence-corrected chi connectivity index (χ1v) is 4.83. The smallest absolute Gasteiger partial charge is 0.317 e. The molecule has 76 valence electrons. The summed E-state index contributed by atoms with van der Waals surface area (Å²) >= 11 is 0. The van der Waals surface area contributed by atoms with Gasteiger partial charge in [-0.1, -0.05) is 0 Å². The molecule has 0 amide bonds. The molecule has 1 atom stereocenters. The molecule has 0 bridgehead atoms. The number of ether oxygens (including phenoxy) is 1. The van der Waals surface area contributed by atoms with Crippen LogP contribution < -0.4 is 5.32 Å². The topological polar surface area (TPSA) is 58.6 Å². The van der Waals surface area contributed by atoms with E-state index in [2.05, 4.69) is 5.32 Å². The lowest BCUT2D eigenvalue weighted by Gasteiger charge is -2.08. The molecular formula is C9H17NO3. The average molecular weight is 187 g/mol. The second kappa shape index (κ2) is 5.94. The summed E-state index contributed by atoms with van der Waals surface area (Å²) in [6.45, 7) is 1.73. The summed E-state index contributed by atoms with van der Waals surface area (Å²) in [7, 11) is 0. The minimum atomic E-state index is -0.794. The molecule has 4 heteroatoms. The Labute approximate surface area is 78.3 Å². The van der Waals surface area contributed by atoms with Crippen molar-refractivity contribution in [2.45, 2.75) is 31.8 Å². The molecule has 4 nitrogen and oxygen atoms in total. The highest BCUT2D eigenvalue weighted by Crippen LogP contribution is 2.16. The maximum atomic E-state index is 10.1. The largest absolute Gasteiger partial charge is 0.480 e. The highest BCUT2D eigenvalue weighted by molar-refractivity contribution is 5.68. The predicted molar refractivity (Wildman–Crippen MR) is 48.7 cm³/mol. The van der Waals surface area contributed by atoms with Gasteiger partial charge in [0.15, 0.2) is 0 Å². The van der Waals surface area contributed by atoms with Gasteiger partial charge in [0.1, 0.15) is 0 Å². The van der Waals surface area contributed by atoms with Gasteiger partial charge in [-0.05, 0) is 32.2 Å². The van der Waals surface area contributed by atoms with Crippen LogP contribution in [0, 0.1) is 0 Å². The van der Waals surface area contributed by atoms with Crippen molar-refractivity contribution in [1.29, 1.82) is 0 Å². The SMILES string of the molecule is O=C(O)CNCCCC1CCCO1. The maximum Gasteiger partial charge on any atom is 0.317 e. The van der Waals surface area contributed by atoms with Crippen LogP contribution in [0.25, 0.3) is 0 Å². The fourth-order valence-electron chi connectivity index (χ4n) is 1.52. The highest BCUT2D eigenvalue weighted by atomic mass is 16.5.